The highest BCUT2D eigenvalue weighted by atomic mass is 16.6. The average Bonchev–Trinajstić information content (AvgIpc) is 2.88. The van der Waals surface area contributed by atoms with Gasteiger partial charge >= 0.3 is 5.69 Å². The van der Waals surface area contributed by atoms with Crippen LogP contribution in [0.4, 0.5) is 0 Å². The predicted octanol–water partition coefficient (Wildman–Crippen LogP) is 1.57. The molecule has 3 rings (SSSR count). The molecular formula is C20H31N3O5. The highest BCUT2D eigenvalue weighted by Gasteiger charge is 2.70. The normalized spacial score (nSPS) is 30.4. The molecule has 0 aromatic carbocycles. The van der Waals surface area contributed by atoms with Gasteiger partial charge in [-0.05, 0) is 39.5 Å². The molecule has 0 spiro atoms. The highest BCUT2D eigenvalue weighted by Crippen LogP contribution is 2.53. The van der Waals surface area contributed by atoms with Crippen molar-refractivity contribution in [1.29, 1.82) is 0 Å². The zero-order valence-corrected chi connectivity index (χ0v) is 18.0. The van der Waals surface area contributed by atoms with Crippen molar-refractivity contribution < 1.29 is 14.3 Å². The van der Waals surface area contributed by atoms with Gasteiger partial charge in [-0.25, -0.2) is 4.79 Å². The third kappa shape index (κ3) is 3.33. The first-order valence-corrected chi connectivity index (χ1v) is 9.61. The number of likely N-dealkylation sites (N-methyl/N-ethyl adjacent to an activating group) is 1. The van der Waals surface area contributed by atoms with Gasteiger partial charge in [-0.1, -0.05) is 20.8 Å². The summed E-state index contributed by atoms with van der Waals surface area (Å²) in [6.45, 7) is 13.6. The van der Waals surface area contributed by atoms with E-state index in [2.05, 4.69) is 4.98 Å². The zero-order valence-electron chi connectivity index (χ0n) is 18.0. The molecule has 2 saturated heterocycles. The summed E-state index contributed by atoms with van der Waals surface area (Å²) in [4.78, 5) is 41.5. The highest BCUT2D eigenvalue weighted by molar-refractivity contribution is 5.90. The maximum absolute atomic E-state index is 13.2. The molecule has 2 fully saturated rings. The second-order valence-corrected chi connectivity index (χ2v) is 10.2. The molecule has 0 unspecified atom stereocenters. The summed E-state index contributed by atoms with van der Waals surface area (Å²) in [7, 11) is 1.72. The number of hydrogen-bond acceptors (Lipinski definition) is 5. The lowest BCUT2D eigenvalue weighted by Crippen LogP contribution is -2.52. The van der Waals surface area contributed by atoms with Gasteiger partial charge in [0.2, 0.25) is 0 Å². The summed E-state index contributed by atoms with van der Waals surface area (Å²) >= 11 is 0. The number of fused-ring (bicyclic) bond motifs is 2. The van der Waals surface area contributed by atoms with Crippen molar-refractivity contribution in [3.8, 4) is 0 Å². The van der Waals surface area contributed by atoms with Crippen LogP contribution >= 0.6 is 0 Å². The van der Waals surface area contributed by atoms with Crippen molar-refractivity contribution in [3.05, 3.63) is 32.6 Å². The van der Waals surface area contributed by atoms with E-state index in [4.69, 9.17) is 9.47 Å². The number of aromatic nitrogens is 2. The fraction of sp³-hybridized carbons (Fsp3) is 0.750. The Morgan fingerprint density at radius 1 is 1.18 bits per heavy atom. The van der Waals surface area contributed by atoms with Crippen LogP contribution in [0.5, 0.6) is 0 Å². The molecule has 8 nitrogen and oxygen atoms in total. The number of nitrogens with one attached hydrogen (secondary N) is 1. The van der Waals surface area contributed by atoms with Crippen molar-refractivity contribution >= 4 is 5.91 Å². The molecule has 2 aliphatic rings. The molecule has 0 aliphatic carbocycles. The minimum absolute atomic E-state index is 0.132. The maximum Gasteiger partial charge on any atom is 0.330 e. The number of aromatic amines is 1. The number of likely N-dealkylation sites (tertiary alicyclic amines) is 1. The van der Waals surface area contributed by atoms with Crippen LogP contribution in [0.25, 0.3) is 0 Å². The van der Waals surface area contributed by atoms with E-state index < -0.39 is 40.8 Å². The summed E-state index contributed by atoms with van der Waals surface area (Å²) in [6.07, 6.45) is 0.673. The molecule has 2 bridgehead atoms. The third-order valence-electron chi connectivity index (χ3n) is 5.22. The average molecular weight is 393 g/mol. The van der Waals surface area contributed by atoms with Gasteiger partial charge in [0.15, 0.2) is 11.8 Å². The van der Waals surface area contributed by atoms with Gasteiger partial charge in [-0.15, -0.1) is 0 Å². The van der Waals surface area contributed by atoms with Crippen LogP contribution in [0.2, 0.25) is 0 Å². The third-order valence-corrected chi connectivity index (χ3v) is 5.22. The van der Waals surface area contributed by atoms with E-state index in [1.54, 1.807) is 18.9 Å². The van der Waals surface area contributed by atoms with Gasteiger partial charge < -0.3 is 14.4 Å². The lowest BCUT2D eigenvalue weighted by molar-refractivity contribution is -0.186. The number of nitrogens with zero attached hydrogens (tertiary/aromatic N) is 2. The first-order valence-electron chi connectivity index (χ1n) is 9.61. The summed E-state index contributed by atoms with van der Waals surface area (Å²) in [5, 5.41) is 0. The molecule has 0 radical (unpaired) electrons. The van der Waals surface area contributed by atoms with Crippen molar-refractivity contribution in [2.24, 2.45) is 5.41 Å². The van der Waals surface area contributed by atoms with Gasteiger partial charge in [-0.2, -0.15) is 0 Å². The molecule has 0 saturated carbocycles. The Bertz CT molecular complexity index is 904. The van der Waals surface area contributed by atoms with E-state index in [-0.39, 0.29) is 11.3 Å². The van der Waals surface area contributed by atoms with Crippen molar-refractivity contribution in [2.75, 3.05) is 7.05 Å². The molecule has 1 N–H and O–H groups in total. The Hall–Kier alpha value is -1.93. The molecule has 28 heavy (non-hydrogen) atoms. The van der Waals surface area contributed by atoms with Gasteiger partial charge in [0.05, 0.1) is 5.60 Å². The first kappa shape index (κ1) is 20.8. The summed E-state index contributed by atoms with van der Waals surface area (Å²) < 4.78 is 14.1. The number of rotatable bonds is 3. The smallest absolute Gasteiger partial charge is 0.330 e. The number of morpholine rings is 1. The van der Waals surface area contributed by atoms with E-state index in [0.29, 0.717) is 12.0 Å². The number of carbonyl (C=O) groups excluding carboxylic acids is 1. The quantitative estimate of drug-likeness (QED) is 0.841. The Balaban J connectivity index is 2.15. The van der Waals surface area contributed by atoms with Crippen LogP contribution in [-0.4, -0.2) is 50.8 Å². The number of H-pyrrole nitrogens is 1. The summed E-state index contributed by atoms with van der Waals surface area (Å²) in [5.74, 6) is -0.132. The Morgan fingerprint density at radius 2 is 1.79 bits per heavy atom. The minimum Gasteiger partial charge on any atom is -0.367 e. The van der Waals surface area contributed by atoms with Crippen LogP contribution in [-0.2, 0) is 14.3 Å². The zero-order chi connectivity index (χ0) is 21.2. The van der Waals surface area contributed by atoms with Crippen molar-refractivity contribution in [2.45, 2.75) is 84.5 Å². The largest absolute Gasteiger partial charge is 0.367 e. The lowest BCUT2D eigenvalue weighted by atomic mass is 9.79. The molecule has 156 valence electrons. The Labute approximate surface area is 164 Å². The van der Waals surface area contributed by atoms with Gasteiger partial charge in [0.1, 0.15) is 12.1 Å². The second-order valence-electron chi connectivity index (χ2n) is 10.2. The number of hydrogen-bond donors (Lipinski definition) is 1. The molecule has 1 amide bonds. The number of aryl methyl sites for hydroxylation is 1. The molecule has 8 heteroatoms. The number of ether oxygens (including phenoxy) is 2. The Kier molecular flexibility index (Phi) is 4.67. The molecule has 1 aromatic rings. The summed E-state index contributed by atoms with van der Waals surface area (Å²) in [6, 6.07) is -0.475. The second kappa shape index (κ2) is 6.29. The maximum atomic E-state index is 13.2. The van der Waals surface area contributed by atoms with Crippen molar-refractivity contribution in [3.63, 3.8) is 0 Å². The van der Waals surface area contributed by atoms with E-state index in [0.717, 1.165) is 0 Å². The van der Waals surface area contributed by atoms with Crippen LogP contribution in [0.15, 0.2) is 15.8 Å². The fourth-order valence-electron chi connectivity index (χ4n) is 4.33. The van der Waals surface area contributed by atoms with Crippen LogP contribution < -0.4 is 11.2 Å². The van der Waals surface area contributed by atoms with E-state index >= 15 is 0 Å². The number of carbonyl (C=O) groups is 1. The van der Waals surface area contributed by atoms with E-state index in [9.17, 15) is 14.4 Å². The monoisotopic (exact) mass is 393 g/mol. The fourth-order valence-corrected chi connectivity index (χ4v) is 4.33. The lowest BCUT2D eigenvalue weighted by Gasteiger charge is -2.38. The molecule has 3 heterocycles. The van der Waals surface area contributed by atoms with Gasteiger partial charge in [0, 0.05) is 18.8 Å². The molecule has 4 atom stereocenters. The van der Waals surface area contributed by atoms with Crippen LogP contribution in [0, 0.1) is 12.3 Å². The minimum atomic E-state index is -1.18. The summed E-state index contributed by atoms with van der Waals surface area (Å²) in [5.41, 5.74) is -2.47. The predicted molar refractivity (Wildman–Crippen MR) is 104 cm³/mol. The topological polar surface area (TPSA) is 93.6 Å². The molecule has 2 aliphatic heterocycles. The van der Waals surface area contributed by atoms with Gasteiger partial charge in [-0.3, -0.25) is 19.1 Å². The van der Waals surface area contributed by atoms with Gasteiger partial charge in [0.25, 0.3) is 11.5 Å². The molecular weight excluding hydrogens is 362 g/mol. The van der Waals surface area contributed by atoms with E-state index in [1.165, 1.54) is 10.8 Å². The molecule has 1 aromatic heterocycles. The van der Waals surface area contributed by atoms with Crippen LogP contribution in [0.3, 0.4) is 0 Å². The number of amides is 1. The van der Waals surface area contributed by atoms with Crippen LogP contribution in [0.1, 0.15) is 59.8 Å². The van der Waals surface area contributed by atoms with E-state index in [1.807, 2.05) is 41.5 Å². The Morgan fingerprint density at radius 3 is 2.32 bits per heavy atom. The van der Waals surface area contributed by atoms with Crippen molar-refractivity contribution in [1.82, 2.24) is 14.5 Å². The first-order chi connectivity index (χ1) is 12.7. The SMILES string of the molecule is Cc1cn([C@@H]2O[C@@]3(CC(C)(C)C)C(=O)N(C)[C@@H]2[C@@H]3OC(C)(C)C)c(=O)[nH]c1=O. The standard InChI is InChI=1S/C20H31N3O5/c1-11-9-23(17(26)21-14(11)24)15-12-13(27-19(5,6)7)20(28-15,10-18(2,3)4)16(25)22(12)8/h9,12-13,15H,10H2,1-8H3,(H,21,24,26)/t12-,13+,15-,20-/m1/s1.